The van der Waals surface area contributed by atoms with Gasteiger partial charge in [-0.05, 0) is 60.2 Å². The summed E-state index contributed by atoms with van der Waals surface area (Å²) in [5.74, 6) is -1.48. The molecule has 1 saturated heterocycles. The highest BCUT2D eigenvalue weighted by molar-refractivity contribution is 8.18. The van der Waals surface area contributed by atoms with E-state index in [1.807, 2.05) is 6.92 Å². The molecule has 9 heteroatoms. The van der Waals surface area contributed by atoms with Crippen LogP contribution in [0.25, 0.3) is 6.08 Å². The number of hydrogen-bond donors (Lipinski definition) is 2. The van der Waals surface area contributed by atoms with Gasteiger partial charge < -0.3 is 10.4 Å². The van der Waals surface area contributed by atoms with Gasteiger partial charge in [0.05, 0.1) is 21.1 Å². The number of rotatable bonds is 4. The van der Waals surface area contributed by atoms with E-state index >= 15 is 0 Å². The maximum Gasteiger partial charge on any atom is 0.337 e. The van der Waals surface area contributed by atoms with Crippen molar-refractivity contribution < 1.29 is 19.6 Å². The Morgan fingerprint density at radius 1 is 1.26 bits per heavy atom. The number of aryl methyl sites for hydroxylation is 1. The molecule has 0 unspecified atom stereocenters. The molecule has 0 spiro atoms. The number of nitro groups is 1. The number of benzene rings is 2. The fraction of sp³-hybridized carbons (Fsp3) is 0.0556. The average Bonchev–Trinajstić information content (AvgIpc) is 2.94. The van der Waals surface area contributed by atoms with Crippen LogP contribution in [0.2, 0.25) is 0 Å². The Morgan fingerprint density at radius 3 is 2.59 bits per heavy atom. The van der Waals surface area contributed by atoms with E-state index in [1.54, 1.807) is 18.2 Å². The molecule has 2 N–H and O–H groups in total. The molecule has 0 radical (unpaired) electrons. The summed E-state index contributed by atoms with van der Waals surface area (Å²) in [4.78, 5) is 38.3. The summed E-state index contributed by atoms with van der Waals surface area (Å²) in [5, 5.41) is 22.8. The fourth-order valence-electron chi connectivity index (χ4n) is 2.35. The van der Waals surface area contributed by atoms with Crippen molar-refractivity contribution in [2.45, 2.75) is 6.92 Å². The average molecular weight is 383 g/mol. The Bertz CT molecular complexity index is 1010. The molecule has 1 aliphatic heterocycles. The summed E-state index contributed by atoms with van der Waals surface area (Å²) in [6, 6.07) is 10.5. The summed E-state index contributed by atoms with van der Waals surface area (Å²) >= 11 is 1.07. The molecule has 8 nitrogen and oxygen atoms in total. The number of carbonyl (C=O) groups is 2. The van der Waals surface area contributed by atoms with Crippen molar-refractivity contribution in [1.82, 2.24) is 5.32 Å². The van der Waals surface area contributed by atoms with Crippen molar-refractivity contribution in [3.05, 3.63) is 74.2 Å². The van der Waals surface area contributed by atoms with Gasteiger partial charge in [-0.2, -0.15) is 0 Å². The van der Waals surface area contributed by atoms with Crippen molar-refractivity contribution in [3.8, 4) is 0 Å². The molecule has 1 fully saturated rings. The lowest BCUT2D eigenvalue weighted by Gasteiger charge is -2.03. The van der Waals surface area contributed by atoms with Crippen molar-refractivity contribution in [2.24, 2.45) is 4.99 Å². The lowest BCUT2D eigenvalue weighted by molar-refractivity contribution is -0.384. The lowest BCUT2D eigenvalue weighted by Crippen LogP contribution is -2.19. The van der Waals surface area contributed by atoms with E-state index in [4.69, 9.17) is 0 Å². The zero-order valence-corrected chi connectivity index (χ0v) is 14.8. The number of non-ortho nitro benzene ring substituents is 1. The number of thioether (sulfide) groups is 1. The summed E-state index contributed by atoms with van der Waals surface area (Å²) in [5.41, 5.74) is 1.72. The Balaban J connectivity index is 1.87. The minimum Gasteiger partial charge on any atom is -0.478 e. The van der Waals surface area contributed by atoms with Crippen LogP contribution in [0.15, 0.2) is 52.4 Å². The molecule has 3 rings (SSSR count). The molecule has 0 aliphatic carbocycles. The van der Waals surface area contributed by atoms with Crippen molar-refractivity contribution in [3.63, 3.8) is 0 Å². The molecule has 0 aromatic heterocycles. The van der Waals surface area contributed by atoms with Crippen molar-refractivity contribution in [2.75, 3.05) is 0 Å². The first-order chi connectivity index (χ1) is 12.8. The largest absolute Gasteiger partial charge is 0.478 e. The van der Waals surface area contributed by atoms with Crippen LogP contribution in [0.5, 0.6) is 0 Å². The van der Waals surface area contributed by atoms with Gasteiger partial charge in [0.25, 0.3) is 11.6 Å². The van der Waals surface area contributed by atoms with Crippen LogP contribution in [0.4, 0.5) is 11.4 Å². The third-order valence-corrected chi connectivity index (χ3v) is 4.57. The molecular weight excluding hydrogens is 370 g/mol. The van der Waals surface area contributed by atoms with E-state index in [9.17, 15) is 24.8 Å². The van der Waals surface area contributed by atoms with Crippen LogP contribution in [0, 0.1) is 17.0 Å². The SMILES string of the molecule is Cc1ccc(C(=O)O)c(N=C2NC(=O)/C(=C/c3ccc([N+](=O)[O-])cc3)S2)c1. The molecular formula is C18H13N3O5S. The highest BCUT2D eigenvalue weighted by Crippen LogP contribution is 2.30. The minimum atomic E-state index is -1.11. The Morgan fingerprint density at radius 2 is 1.96 bits per heavy atom. The molecule has 0 bridgehead atoms. The van der Waals surface area contributed by atoms with Crippen molar-refractivity contribution >= 4 is 46.3 Å². The van der Waals surface area contributed by atoms with E-state index in [2.05, 4.69) is 10.3 Å². The Hall–Kier alpha value is -3.46. The van der Waals surface area contributed by atoms with Gasteiger partial charge >= 0.3 is 5.97 Å². The maximum absolute atomic E-state index is 12.1. The number of nitro benzene ring substituents is 1. The number of hydrogen-bond acceptors (Lipinski definition) is 6. The maximum atomic E-state index is 12.1. The summed E-state index contributed by atoms with van der Waals surface area (Å²) in [6.45, 7) is 1.82. The number of aromatic carboxylic acids is 1. The van der Waals surface area contributed by atoms with Crippen LogP contribution in [0.1, 0.15) is 21.5 Å². The predicted octanol–water partition coefficient (Wildman–Crippen LogP) is 3.49. The summed E-state index contributed by atoms with van der Waals surface area (Å²) in [7, 11) is 0. The third-order valence-electron chi connectivity index (χ3n) is 3.66. The van der Waals surface area contributed by atoms with Gasteiger partial charge in [0, 0.05) is 12.1 Å². The topological polar surface area (TPSA) is 122 Å². The lowest BCUT2D eigenvalue weighted by atomic mass is 10.1. The second-order valence-corrected chi connectivity index (χ2v) is 6.69. The van der Waals surface area contributed by atoms with Gasteiger partial charge in [-0.25, -0.2) is 9.79 Å². The number of carboxylic acid groups (broad SMARTS) is 1. The van der Waals surface area contributed by atoms with Gasteiger partial charge in [-0.15, -0.1) is 0 Å². The number of nitrogens with one attached hydrogen (secondary N) is 1. The number of amidine groups is 1. The number of nitrogens with zero attached hydrogens (tertiary/aromatic N) is 2. The van der Waals surface area contributed by atoms with E-state index in [0.717, 1.165) is 17.3 Å². The molecule has 27 heavy (non-hydrogen) atoms. The second kappa shape index (κ2) is 7.42. The smallest absolute Gasteiger partial charge is 0.337 e. The number of aliphatic imine (C=N–C) groups is 1. The van der Waals surface area contributed by atoms with E-state index in [1.165, 1.54) is 30.3 Å². The van der Waals surface area contributed by atoms with E-state index in [-0.39, 0.29) is 28.0 Å². The van der Waals surface area contributed by atoms with E-state index < -0.39 is 10.9 Å². The van der Waals surface area contributed by atoms with Gasteiger partial charge in [-0.3, -0.25) is 14.9 Å². The van der Waals surface area contributed by atoms with Gasteiger partial charge in [0.2, 0.25) is 0 Å². The first kappa shape index (κ1) is 18.3. The van der Waals surface area contributed by atoms with Crippen LogP contribution in [-0.2, 0) is 4.79 Å². The molecule has 2 aromatic rings. The van der Waals surface area contributed by atoms with Gasteiger partial charge in [-0.1, -0.05) is 6.07 Å². The molecule has 1 amide bonds. The predicted molar refractivity (Wildman–Crippen MR) is 102 cm³/mol. The molecule has 136 valence electrons. The summed E-state index contributed by atoms with van der Waals surface area (Å²) < 4.78 is 0. The van der Waals surface area contributed by atoms with Crippen LogP contribution < -0.4 is 5.32 Å². The normalized spacial score (nSPS) is 16.6. The van der Waals surface area contributed by atoms with Gasteiger partial charge in [0.1, 0.15) is 0 Å². The van der Waals surface area contributed by atoms with Crippen molar-refractivity contribution in [1.29, 1.82) is 0 Å². The third kappa shape index (κ3) is 4.21. The quantitative estimate of drug-likeness (QED) is 0.473. The van der Waals surface area contributed by atoms with Gasteiger partial charge in [0.15, 0.2) is 5.17 Å². The zero-order chi connectivity index (χ0) is 19.6. The number of carboxylic acids is 1. The first-order valence-electron chi connectivity index (χ1n) is 7.71. The molecule has 2 aromatic carbocycles. The standard InChI is InChI=1S/C18H13N3O5S/c1-10-2-7-13(17(23)24)14(8-10)19-18-20-16(22)15(27-18)9-11-3-5-12(6-4-11)21(25)26/h2-9H,1H3,(H,23,24)(H,19,20,22)/b15-9-. The van der Waals surface area contributed by atoms with Crippen LogP contribution >= 0.6 is 11.8 Å². The highest BCUT2D eigenvalue weighted by Gasteiger charge is 2.24. The fourth-order valence-corrected chi connectivity index (χ4v) is 3.18. The molecule has 0 atom stereocenters. The first-order valence-corrected chi connectivity index (χ1v) is 8.53. The van der Waals surface area contributed by atoms with E-state index in [0.29, 0.717) is 10.5 Å². The van der Waals surface area contributed by atoms with Crippen LogP contribution in [0.3, 0.4) is 0 Å². The summed E-state index contributed by atoms with van der Waals surface area (Å²) in [6.07, 6.45) is 1.58. The Labute approximate surface area is 157 Å². The number of carbonyl (C=O) groups excluding carboxylic acids is 1. The zero-order valence-electron chi connectivity index (χ0n) is 14.0. The monoisotopic (exact) mass is 383 g/mol. The molecule has 0 saturated carbocycles. The van der Waals surface area contributed by atoms with Crippen LogP contribution in [-0.4, -0.2) is 27.1 Å². The second-order valence-electron chi connectivity index (χ2n) is 5.66. The Kier molecular flexibility index (Phi) is 5.04. The minimum absolute atomic E-state index is 0.0377. The number of amides is 1. The molecule has 1 aliphatic rings. The molecule has 1 heterocycles. The highest BCUT2D eigenvalue weighted by atomic mass is 32.2.